The number of likely N-dealkylation sites (N-methyl/N-ethyl adjacent to an activating group) is 1. The number of hydrogen-bond donors (Lipinski definition) is 0. The molecule has 106 valence electrons. The Morgan fingerprint density at radius 2 is 2.05 bits per heavy atom. The summed E-state index contributed by atoms with van der Waals surface area (Å²) in [7, 11) is 2.17. The van der Waals surface area contributed by atoms with Crippen molar-refractivity contribution in [1.29, 1.82) is 0 Å². The van der Waals surface area contributed by atoms with Crippen LogP contribution < -0.4 is 0 Å². The van der Waals surface area contributed by atoms with Gasteiger partial charge in [0.25, 0.3) is 0 Å². The summed E-state index contributed by atoms with van der Waals surface area (Å²) in [5.41, 5.74) is 3.06. The van der Waals surface area contributed by atoms with E-state index in [1.807, 2.05) is 19.9 Å². The van der Waals surface area contributed by atoms with Crippen molar-refractivity contribution in [1.82, 2.24) is 19.9 Å². The molecule has 3 rings (SSSR count). The number of aryl methyl sites for hydroxylation is 2. The molecule has 5 heteroatoms. The van der Waals surface area contributed by atoms with E-state index < -0.39 is 0 Å². The molecule has 3 heterocycles. The standard InChI is InChI=1S/C15H20N4S/c1-10-7-13(15-17-11(2)9-20-15)18-14(16-10)12-5-4-6-19(3)8-12/h7,9,12H,4-6,8H2,1-3H3/t12-/m1/s1. The maximum absolute atomic E-state index is 4.79. The molecule has 2 aromatic rings. The first-order chi connectivity index (χ1) is 9.61. The molecule has 0 aliphatic carbocycles. The summed E-state index contributed by atoms with van der Waals surface area (Å²) < 4.78 is 0. The molecule has 2 aromatic heterocycles. The van der Waals surface area contributed by atoms with Crippen molar-refractivity contribution in [2.45, 2.75) is 32.6 Å². The molecular formula is C15H20N4S. The summed E-state index contributed by atoms with van der Waals surface area (Å²) >= 11 is 1.66. The van der Waals surface area contributed by atoms with Crippen molar-refractivity contribution in [2.24, 2.45) is 0 Å². The van der Waals surface area contributed by atoms with Gasteiger partial charge in [0.2, 0.25) is 0 Å². The van der Waals surface area contributed by atoms with Crippen molar-refractivity contribution in [3.63, 3.8) is 0 Å². The molecule has 1 fully saturated rings. The molecular weight excluding hydrogens is 268 g/mol. The summed E-state index contributed by atoms with van der Waals surface area (Å²) in [6, 6.07) is 2.04. The maximum atomic E-state index is 4.79. The Labute approximate surface area is 123 Å². The van der Waals surface area contributed by atoms with E-state index in [-0.39, 0.29) is 0 Å². The lowest BCUT2D eigenvalue weighted by Crippen LogP contribution is -2.31. The Morgan fingerprint density at radius 3 is 2.75 bits per heavy atom. The lowest BCUT2D eigenvalue weighted by Gasteiger charge is -2.28. The maximum Gasteiger partial charge on any atom is 0.142 e. The van der Waals surface area contributed by atoms with Crippen LogP contribution >= 0.6 is 11.3 Å². The topological polar surface area (TPSA) is 41.9 Å². The fraction of sp³-hybridized carbons (Fsp3) is 0.533. The molecule has 1 saturated heterocycles. The number of rotatable bonds is 2. The van der Waals surface area contributed by atoms with Crippen molar-refractivity contribution >= 4 is 11.3 Å². The molecule has 0 amide bonds. The molecule has 1 aliphatic rings. The zero-order valence-corrected chi connectivity index (χ0v) is 13.1. The monoisotopic (exact) mass is 288 g/mol. The molecule has 0 radical (unpaired) electrons. The van der Waals surface area contributed by atoms with Gasteiger partial charge in [-0.05, 0) is 46.3 Å². The molecule has 0 saturated carbocycles. The van der Waals surface area contributed by atoms with Crippen molar-refractivity contribution in [3.05, 3.63) is 28.7 Å². The van der Waals surface area contributed by atoms with Crippen molar-refractivity contribution in [2.75, 3.05) is 20.1 Å². The Kier molecular flexibility index (Phi) is 3.81. The molecule has 0 spiro atoms. The summed E-state index contributed by atoms with van der Waals surface area (Å²) in [5.74, 6) is 1.44. The fourth-order valence-electron chi connectivity index (χ4n) is 2.73. The molecule has 0 N–H and O–H groups in total. The van der Waals surface area contributed by atoms with E-state index in [4.69, 9.17) is 4.98 Å². The normalized spacial score (nSPS) is 20.2. The van der Waals surface area contributed by atoms with Crippen molar-refractivity contribution < 1.29 is 0 Å². The van der Waals surface area contributed by atoms with Crippen LogP contribution in [0.3, 0.4) is 0 Å². The van der Waals surface area contributed by atoms with Crippen LogP contribution in [0.4, 0.5) is 0 Å². The highest BCUT2D eigenvalue weighted by Crippen LogP contribution is 2.27. The van der Waals surface area contributed by atoms with Gasteiger partial charge in [0.15, 0.2) is 0 Å². The van der Waals surface area contributed by atoms with E-state index in [2.05, 4.69) is 27.3 Å². The molecule has 1 atom stereocenters. The third-order valence-corrected chi connectivity index (χ3v) is 4.68. The van der Waals surface area contributed by atoms with E-state index in [1.165, 1.54) is 19.4 Å². The number of thiazole rings is 1. The summed E-state index contributed by atoms with van der Waals surface area (Å²) in [6.45, 7) is 6.30. The average molecular weight is 288 g/mol. The van der Waals surface area contributed by atoms with Gasteiger partial charge in [-0.1, -0.05) is 0 Å². The minimum atomic E-state index is 0.452. The molecule has 0 aromatic carbocycles. The Morgan fingerprint density at radius 1 is 1.20 bits per heavy atom. The SMILES string of the molecule is Cc1cc(-c2nc(C)cs2)nc([C@@H]2CCCN(C)C2)n1. The number of nitrogens with zero attached hydrogens (tertiary/aromatic N) is 4. The quantitative estimate of drug-likeness (QED) is 0.852. The zero-order valence-electron chi connectivity index (χ0n) is 12.3. The molecule has 0 unspecified atom stereocenters. The summed E-state index contributed by atoms with van der Waals surface area (Å²) in [4.78, 5) is 16.4. The van der Waals surface area contributed by atoms with E-state index >= 15 is 0 Å². The van der Waals surface area contributed by atoms with Crippen LogP contribution in [0.2, 0.25) is 0 Å². The number of hydrogen-bond acceptors (Lipinski definition) is 5. The molecule has 1 aliphatic heterocycles. The van der Waals surface area contributed by atoms with Crippen LogP contribution in [0.1, 0.15) is 36.0 Å². The van der Waals surface area contributed by atoms with Gasteiger partial charge in [-0.3, -0.25) is 0 Å². The van der Waals surface area contributed by atoms with Gasteiger partial charge >= 0.3 is 0 Å². The smallest absolute Gasteiger partial charge is 0.142 e. The highest BCUT2D eigenvalue weighted by Gasteiger charge is 2.22. The summed E-state index contributed by atoms with van der Waals surface area (Å²) in [6.07, 6.45) is 2.41. The Balaban J connectivity index is 1.94. The average Bonchev–Trinajstić information content (AvgIpc) is 2.85. The zero-order chi connectivity index (χ0) is 14.1. The molecule has 4 nitrogen and oxygen atoms in total. The minimum absolute atomic E-state index is 0.452. The van der Waals surface area contributed by atoms with Crippen LogP contribution in [-0.2, 0) is 0 Å². The first kappa shape index (κ1) is 13.6. The second kappa shape index (κ2) is 5.58. The van der Waals surface area contributed by atoms with Crippen LogP contribution in [0, 0.1) is 13.8 Å². The van der Waals surface area contributed by atoms with Gasteiger partial charge in [0, 0.05) is 29.2 Å². The van der Waals surface area contributed by atoms with E-state index in [9.17, 15) is 0 Å². The van der Waals surface area contributed by atoms with Crippen LogP contribution in [0.25, 0.3) is 10.7 Å². The number of aromatic nitrogens is 3. The second-order valence-corrected chi connectivity index (χ2v) is 6.51. The Hall–Kier alpha value is -1.33. The number of piperidine rings is 1. The van der Waals surface area contributed by atoms with Gasteiger partial charge in [-0.25, -0.2) is 15.0 Å². The van der Waals surface area contributed by atoms with Gasteiger partial charge in [-0.15, -0.1) is 11.3 Å². The van der Waals surface area contributed by atoms with E-state index in [0.717, 1.165) is 34.5 Å². The summed E-state index contributed by atoms with van der Waals surface area (Å²) in [5, 5.41) is 3.07. The number of likely N-dealkylation sites (tertiary alicyclic amines) is 1. The van der Waals surface area contributed by atoms with Gasteiger partial charge in [-0.2, -0.15) is 0 Å². The van der Waals surface area contributed by atoms with Crippen molar-refractivity contribution in [3.8, 4) is 10.7 Å². The van der Waals surface area contributed by atoms with Gasteiger partial charge in [0.1, 0.15) is 16.5 Å². The second-order valence-electron chi connectivity index (χ2n) is 5.65. The first-order valence-electron chi connectivity index (χ1n) is 7.08. The van der Waals surface area contributed by atoms with E-state index in [1.54, 1.807) is 11.3 Å². The predicted molar refractivity (Wildman–Crippen MR) is 82.1 cm³/mol. The lowest BCUT2D eigenvalue weighted by molar-refractivity contribution is 0.246. The minimum Gasteiger partial charge on any atom is -0.306 e. The largest absolute Gasteiger partial charge is 0.306 e. The van der Waals surface area contributed by atoms with Crippen LogP contribution in [0.15, 0.2) is 11.4 Å². The predicted octanol–water partition coefficient (Wildman–Crippen LogP) is 3.03. The third-order valence-electron chi connectivity index (χ3n) is 3.70. The first-order valence-corrected chi connectivity index (χ1v) is 7.96. The highest BCUT2D eigenvalue weighted by atomic mass is 32.1. The fourth-order valence-corrected chi connectivity index (χ4v) is 3.49. The Bertz CT molecular complexity index is 608. The van der Waals surface area contributed by atoms with Crippen LogP contribution in [-0.4, -0.2) is 40.0 Å². The highest BCUT2D eigenvalue weighted by molar-refractivity contribution is 7.13. The van der Waals surface area contributed by atoms with Crippen LogP contribution in [0.5, 0.6) is 0 Å². The van der Waals surface area contributed by atoms with Gasteiger partial charge in [0.05, 0.1) is 0 Å². The molecule has 20 heavy (non-hydrogen) atoms. The van der Waals surface area contributed by atoms with E-state index in [0.29, 0.717) is 5.92 Å². The third kappa shape index (κ3) is 2.88. The lowest BCUT2D eigenvalue weighted by atomic mass is 9.97. The molecule has 0 bridgehead atoms. The van der Waals surface area contributed by atoms with Gasteiger partial charge < -0.3 is 4.90 Å².